The lowest BCUT2D eigenvalue weighted by Gasteiger charge is -2.49. The molecule has 0 aromatic heterocycles. The topological polar surface area (TPSA) is 151 Å². The van der Waals surface area contributed by atoms with Gasteiger partial charge in [-0.3, -0.25) is 19.3 Å². The number of ether oxygens (including phenoxy) is 2. The molecule has 11 nitrogen and oxygen atoms in total. The van der Waals surface area contributed by atoms with Crippen LogP contribution in [-0.2, 0) is 28.7 Å². The average Bonchev–Trinajstić information content (AvgIpc) is 2.77. The van der Waals surface area contributed by atoms with Gasteiger partial charge in [-0.05, 0) is 26.3 Å². The van der Waals surface area contributed by atoms with Gasteiger partial charge in [0.05, 0.1) is 0 Å². The third-order valence-corrected chi connectivity index (χ3v) is 6.39. The molecule has 0 aliphatic carbocycles. The normalized spacial score (nSPS) is 20.2. The van der Waals surface area contributed by atoms with Crippen LogP contribution in [0.15, 0.2) is 41.6 Å². The highest BCUT2D eigenvalue weighted by Crippen LogP contribution is 2.40. The lowest BCUT2D eigenvalue weighted by Crippen LogP contribution is -2.71. The van der Waals surface area contributed by atoms with Crippen LogP contribution in [0.1, 0.15) is 39.3 Å². The lowest BCUT2D eigenvalue weighted by atomic mass is 10.0. The molecule has 3 amide bonds. The second-order valence-corrected chi connectivity index (χ2v) is 10.0. The van der Waals surface area contributed by atoms with Crippen LogP contribution in [0.2, 0.25) is 0 Å². The Morgan fingerprint density at radius 2 is 1.86 bits per heavy atom. The van der Waals surface area contributed by atoms with Crippen LogP contribution < -0.4 is 10.6 Å². The number of amides is 3. The van der Waals surface area contributed by atoms with Crippen molar-refractivity contribution < 1.29 is 38.6 Å². The van der Waals surface area contributed by atoms with E-state index in [1.165, 1.54) is 18.7 Å². The fourth-order valence-electron chi connectivity index (χ4n) is 3.59. The number of carbonyl (C=O) groups excluding carboxylic acids is 4. The van der Waals surface area contributed by atoms with E-state index in [-0.39, 0.29) is 18.1 Å². The summed E-state index contributed by atoms with van der Waals surface area (Å²) in [6.07, 6.45) is -0.804. The predicted octanol–water partition coefficient (Wildman–Crippen LogP) is 1.55. The third kappa shape index (κ3) is 6.13. The van der Waals surface area contributed by atoms with Crippen molar-refractivity contribution >= 4 is 41.6 Å². The minimum absolute atomic E-state index is 0.202. The van der Waals surface area contributed by atoms with Gasteiger partial charge in [-0.2, -0.15) is 0 Å². The minimum Gasteiger partial charge on any atom is -0.477 e. The summed E-state index contributed by atoms with van der Waals surface area (Å²) < 4.78 is 10.2. The number of esters is 1. The van der Waals surface area contributed by atoms with Crippen LogP contribution in [-0.4, -0.2) is 69.2 Å². The molecule has 1 aromatic carbocycles. The molecule has 0 spiro atoms. The molecule has 1 fully saturated rings. The zero-order valence-electron chi connectivity index (χ0n) is 19.7. The molecule has 0 radical (unpaired) electrons. The highest BCUT2D eigenvalue weighted by atomic mass is 32.2. The summed E-state index contributed by atoms with van der Waals surface area (Å²) in [6, 6.07) is 6.32. The molecule has 1 aromatic rings. The van der Waals surface area contributed by atoms with Gasteiger partial charge in [0, 0.05) is 18.2 Å². The SMILES string of the molecule is CC(=O)OCC1=C(C(=O)O)N2C(=O)[C@@H](NC(=O)C(NC(=O)OC(C)(C)C)c3ccccc3)[C@@H]2SC1. The van der Waals surface area contributed by atoms with Gasteiger partial charge in [0.2, 0.25) is 5.91 Å². The van der Waals surface area contributed by atoms with Crippen LogP contribution in [0, 0.1) is 0 Å². The summed E-state index contributed by atoms with van der Waals surface area (Å²) >= 11 is 1.24. The Morgan fingerprint density at radius 3 is 2.43 bits per heavy atom. The Morgan fingerprint density at radius 1 is 1.20 bits per heavy atom. The average molecular weight is 506 g/mol. The molecule has 2 heterocycles. The molecule has 1 saturated heterocycles. The summed E-state index contributed by atoms with van der Waals surface area (Å²) in [5.74, 6) is -2.96. The minimum atomic E-state index is -1.33. The van der Waals surface area contributed by atoms with Crippen LogP contribution in [0.4, 0.5) is 4.79 Å². The van der Waals surface area contributed by atoms with E-state index in [1.807, 2.05) is 0 Å². The summed E-state index contributed by atoms with van der Waals surface area (Å²) in [5.41, 5.74) is -0.266. The van der Waals surface area contributed by atoms with Crippen LogP contribution in [0.5, 0.6) is 0 Å². The third-order valence-electron chi connectivity index (χ3n) is 5.05. The van der Waals surface area contributed by atoms with E-state index < -0.39 is 52.9 Å². The fraction of sp³-hybridized carbons (Fsp3) is 0.435. The molecular weight excluding hydrogens is 478 g/mol. The maximum Gasteiger partial charge on any atom is 0.408 e. The molecular formula is C23H27N3O8S. The standard InChI is InChI=1S/C23H27N3O8S/c1-12(27)33-10-14-11-35-20-16(19(29)26(20)17(14)21(30)31)24-18(28)15(13-8-6-5-7-9-13)25-22(32)34-23(2,3)4/h5-9,15-16,20H,10-11H2,1-4H3,(H,24,28)(H,25,32)(H,30,31)/t15?,16-,20+/m1/s1. The zero-order chi connectivity index (χ0) is 25.9. The summed E-state index contributed by atoms with van der Waals surface area (Å²) in [4.78, 5) is 62.5. The second-order valence-electron chi connectivity index (χ2n) is 8.92. The van der Waals surface area contributed by atoms with Crippen molar-refractivity contribution in [2.75, 3.05) is 12.4 Å². The Kier molecular flexibility index (Phi) is 7.73. The summed E-state index contributed by atoms with van der Waals surface area (Å²) in [5, 5.41) is 14.2. The molecule has 2 aliphatic heterocycles. The number of fused-ring (bicyclic) bond motifs is 1. The van der Waals surface area contributed by atoms with Gasteiger partial charge in [-0.25, -0.2) is 9.59 Å². The van der Waals surface area contributed by atoms with E-state index in [0.717, 1.165) is 4.90 Å². The number of carbonyl (C=O) groups is 5. The van der Waals surface area contributed by atoms with E-state index in [4.69, 9.17) is 9.47 Å². The van der Waals surface area contributed by atoms with Crippen molar-refractivity contribution in [2.45, 2.75) is 50.8 Å². The number of nitrogens with one attached hydrogen (secondary N) is 2. The van der Waals surface area contributed by atoms with Crippen molar-refractivity contribution in [3.8, 4) is 0 Å². The Hall–Kier alpha value is -3.54. The smallest absolute Gasteiger partial charge is 0.408 e. The van der Waals surface area contributed by atoms with Gasteiger partial charge in [-0.1, -0.05) is 30.3 Å². The summed E-state index contributed by atoms with van der Waals surface area (Å²) in [6.45, 7) is 6.03. The first-order chi connectivity index (χ1) is 16.4. The Labute approximate surface area is 206 Å². The highest BCUT2D eigenvalue weighted by Gasteiger charge is 2.54. The maximum atomic E-state index is 13.2. The largest absolute Gasteiger partial charge is 0.477 e. The molecule has 188 valence electrons. The number of hydrogen-bond donors (Lipinski definition) is 3. The number of hydrogen-bond acceptors (Lipinski definition) is 8. The van der Waals surface area contributed by atoms with E-state index in [9.17, 15) is 29.1 Å². The van der Waals surface area contributed by atoms with E-state index in [1.54, 1.807) is 51.1 Å². The number of aliphatic carboxylic acids is 1. The first-order valence-electron chi connectivity index (χ1n) is 10.8. The molecule has 35 heavy (non-hydrogen) atoms. The first kappa shape index (κ1) is 26.1. The van der Waals surface area contributed by atoms with E-state index >= 15 is 0 Å². The van der Waals surface area contributed by atoms with Crippen molar-refractivity contribution in [2.24, 2.45) is 0 Å². The molecule has 3 rings (SSSR count). The van der Waals surface area contributed by atoms with Crippen molar-refractivity contribution in [1.82, 2.24) is 15.5 Å². The first-order valence-corrected chi connectivity index (χ1v) is 11.8. The van der Waals surface area contributed by atoms with Gasteiger partial charge >= 0.3 is 18.0 Å². The fourth-order valence-corrected chi connectivity index (χ4v) is 4.92. The monoisotopic (exact) mass is 505 g/mol. The van der Waals surface area contributed by atoms with Crippen LogP contribution in [0.3, 0.4) is 0 Å². The second kappa shape index (κ2) is 10.4. The molecule has 12 heteroatoms. The highest BCUT2D eigenvalue weighted by molar-refractivity contribution is 8.00. The van der Waals surface area contributed by atoms with Gasteiger partial charge in [-0.15, -0.1) is 11.8 Å². The number of rotatable bonds is 7. The van der Waals surface area contributed by atoms with Crippen molar-refractivity contribution in [3.63, 3.8) is 0 Å². The number of β-lactam (4-membered cyclic amide) rings is 1. The summed E-state index contributed by atoms with van der Waals surface area (Å²) in [7, 11) is 0. The molecule has 3 N–H and O–H groups in total. The maximum absolute atomic E-state index is 13.2. The number of benzene rings is 1. The van der Waals surface area contributed by atoms with Gasteiger partial charge in [0.1, 0.15) is 35.4 Å². The van der Waals surface area contributed by atoms with Crippen molar-refractivity contribution in [1.29, 1.82) is 0 Å². The van der Waals surface area contributed by atoms with Crippen LogP contribution in [0.25, 0.3) is 0 Å². The zero-order valence-corrected chi connectivity index (χ0v) is 20.5. The number of carboxylic acids is 1. The Bertz CT molecular complexity index is 1070. The number of alkyl carbamates (subject to hydrolysis) is 1. The quantitative estimate of drug-likeness (QED) is 0.370. The van der Waals surface area contributed by atoms with Gasteiger partial charge in [0.15, 0.2) is 0 Å². The Balaban J connectivity index is 1.77. The number of nitrogens with zero attached hydrogens (tertiary/aromatic N) is 1. The van der Waals surface area contributed by atoms with Crippen molar-refractivity contribution in [3.05, 3.63) is 47.2 Å². The molecule has 0 bridgehead atoms. The number of thioether (sulfide) groups is 1. The predicted molar refractivity (Wildman–Crippen MR) is 125 cm³/mol. The van der Waals surface area contributed by atoms with Gasteiger partial charge < -0.3 is 25.2 Å². The molecule has 3 atom stereocenters. The molecule has 2 aliphatic rings. The van der Waals surface area contributed by atoms with Crippen LogP contribution >= 0.6 is 11.8 Å². The van der Waals surface area contributed by atoms with Gasteiger partial charge in [0.25, 0.3) is 5.91 Å². The lowest BCUT2D eigenvalue weighted by molar-refractivity contribution is -0.151. The molecule has 0 saturated carbocycles. The number of carboxylic acid groups (broad SMARTS) is 1. The van der Waals surface area contributed by atoms with E-state index in [2.05, 4.69) is 10.6 Å². The van der Waals surface area contributed by atoms with E-state index in [0.29, 0.717) is 11.1 Å². The molecule has 1 unspecified atom stereocenters.